The van der Waals surface area contributed by atoms with Crippen LogP contribution in [-0.2, 0) is 0 Å². The van der Waals surface area contributed by atoms with Gasteiger partial charge < -0.3 is 0 Å². The number of hydrogen-bond donors (Lipinski definition) is 0. The van der Waals surface area contributed by atoms with Crippen LogP contribution < -0.4 is 0 Å². The first kappa shape index (κ1) is 13.0. The monoisotopic (exact) mass is 184 g/mol. The van der Waals surface area contributed by atoms with Gasteiger partial charge in [0.1, 0.15) is 0 Å². The van der Waals surface area contributed by atoms with Gasteiger partial charge in [0.05, 0.1) is 0 Å². The number of rotatable bonds is 6. The summed E-state index contributed by atoms with van der Waals surface area (Å²) in [6, 6.07) is 0. The topological polar surface area (TPSA) is 0 Å². The Morgan fingerprint density at radius 2 is 1.31 bits per heavy atom. The molecule has 3 atom stereocenters. The van der Waals surface area contributed by atoms with Crippen LogP contribution in [0.3, 0.4) is 0 Å². The lowest BCUT2D eigenvalue weighted by Gasteiger charge is -2.23. The first-order chi connectivity index (χ1) is 5.97. The van der Waals surface area contributed by atoms with Gasteiger partial charge in [0, 0.05) is 0 Å². The molecule has 0 N–H and O–H groups in total. The van der Waals surface area contributed by atoms with E-state index in [0.717, 1.165) is 23.7 Å². The molecule has 0 heteroatoms. The van der Waals surface area contributed by atoms with E-state index in [2.05, 4.69) is 41.5 Å². The lowest BCUT2D eigenvalue weighted by atomic mass is 9.83. The van der Waals surface area contributed by atoms with E-state index in [-0.39, 0.29) is 0 Å². The average Bonchev–Trinajstić information content (AvgIpc) is 2.01. The quantitative estimate of drug-likeness (QED) is 0.559. The third kappa shape index (κ3) is 6.12. The predicted octanol–water partition coefficient (Wildman–Crippen LogP) is 4.74. The zero-order chi connectivity index (χ0) is 10.4. The van der Waals surface area contributed by atoms with Crippen molar-refractivity contribution in [3.8, 4) is 0 Å². The third-order valence-electron chi connectivity index (χ3n) is 3.26. The summed E-state index contributed by atoms with van der Waals surface area (Å²) in [7, 11) is 0. The molecule has 0 rings (SSSR count). The molecule has 0 fully saturated rings. The van der Waals surface area contributed by atoms with Crippen molar-refractivity contribution < 1.29 is 0 Å². The van der Waals surface area contributed by atoms with Crippen molar-refractivity contribution in [2.24, 2.45) is 23.7 Å². The molecular weight excluding hydrogens is 156 g/mol. The van der Waals surface area contributed by atoms with Crippen molar-refractivity contribution >= 4 is 0 Å². The molecule has 0 bridgehead atoms. The van der Waals surface area contributed by atoms with Crippen molar-refractivity contribution in [2.45, 2.75) is 60.8 Å². The molecular formula is C13H28. The highest BCUT2D eigenvalue weighted by molar-refractivity contribution is 4.65. The first-order valence-electron chi connectivity index (χ1n) is 5.97. The molecule has 0 aliphatic rings. The maximum atomic E-state index is 2.41. The molecule has 3 unspecified atom stereocenters. The van der Waals surface area contributed by atoms with Gasteiger partial charge in [-0.05, 0) is 36.5 Å². The summed E-state index contributed by atoms with van der Waals surface area (Å²) in [5, 5.41) is 0. The van der Waals surface area contributed by atoms with Crippen LogP contribution >= 0.6 is 0 Å². The maximum Gasteiger partial charge on any atom is -0.0415 e. The van der Waals surface area contributed by atoms with E-state index in [9.17, 15) is 0 Å². The standard InChI is InChI=1S/C13H28/c1-7-12(5)13(6)9-11(4)8-10(2)3/h10-13H,7-9H2,1-6H3. The molecule has 0 heterocycles. The highest BCUT2D eigenvalue weighted by atomic mass is 14.2. The highest BCUT2D eigenvalue weighted by Crippen LogP contribution is 2.25. The minimum atomic E-state index is 0.860. The van der Waals surface area contributed by atoms with Gasteiger partial charge >= 0.3 is 0 Å². The molecule has 0 amide bonds. The van der Waals surface area contributed by atoms with Crippen molar-refractivity contribution in [3.63, 3.8) is 0 Å². The minimum Gasteiger partial charge on any atom is -0.0651 e. The van der Waals surface area contributed by atoms with E-state index in [4.69, 9.17) is 0 Å². The Morgan fingerprint density at radius 3 is 1.69 bits per heavy atom. The Kier molecular flexibility index (Phi) is 6.45. The lowest BCUT2D eigenvalue weighted by molar-refractivity contribution is 0.283. The van der Waals surface area contributed by atoms with E-state index in [0.29, 0.717) is 0 Å². The Hall–Kier alpha value is 0. The fourth-order valence-corrected chi connectivity index (χ4v) is 2.17. The Balaban J connectivity index is 3.70. The summed E-state index contributed by atoms with van der Waals surface area (Å²) in [5.41, 5.74) is 0. The van der Waals surface area contributed by atoms with Crippen LogP contribution in [-0.4, -0.2) is 0 Å². The fraction of sp³-hybridized carbons (Fsp3) is 1.00. The van der Waals surface area contributed by atoms with Crippen LogP contribution in [0.25, 0.3) is 0 Å². The van der Waals surface area contributed by atoms with E-state index in [1.807, 2.05) is 0 Å². The molecule has 0 saturated carbocycles. The fourth-order valence-electron chi connectivity index (χ4n) is 2.17. The largest absolute Gasteiger partial charge is 0.0651 e. The Bertz CT molecular complexity index is 115. The molecule has 80 valence electrons. The van der Waals surface area contributed by atoms with E-state index < -0.39 is 0 Å². The van der Waals surface area contributed by atoms with Crippen LogP contribution in [0.1, 0.15) is 60.8 Å². The van der Waals surface area contributed by atoms with Crippen molar-refractivity contribution in [2.75, 3.05) is 0 Å². The molecule has 0 aromatic heterocycles. The lowest BCUT2D eigenvalue weighted by Crippen LogP contribution is -2.12. The second-order valence-electron chi connectivity index (χ2n) is 5.33. The molecule has 0 aliphatic carbocycles. The van der Waals surface area contributed by atoms with Crippen LogP contribution in [0.15, 0.2) is 0 Å². The molecule has 0 aromatic rings. The minimum absolute atomic E-state index is 0.860. The molecule has 0 nitrogen and oxygen atoms in total. The van der Waals surface area contributed by atoms with Gasteiger partial charge in [0.2, 0.25) is 0 Å². The van der Waals surface area contributed by atoms with Crippen molar-refractivity contribution in [3.05, 3.63) is 0 Å². The third-order valence-corrected chi connectivity index (χ3v) is 3.26. The van der Waals surface area contributed by atoms with Crippen molar-refractivity contribution in [1.29, 1.82) is 0 Å². The maximum absolute atomic E-state index is 2.41. The summed E-state index contributed by atoms with van der Waals surface area (Å²) in [6.45, 7) is 14.1. The van der Waals surface area contributed by atoms with Crippen LogP contribution in [0, 0.1) is 23.7 Å². The Morgan fingerprint density at radius 1 is 0.769 bits per heavy atom. The molecule has 13 heavy (non-hydrogen) atoms. The summed E-state index contributed by atoms with van der Waals surface area (Å²) < 4.78 is 0. The normalized spacial score (nSPS) is 18.7. The smallest absolute Gasteiger partial charge is 0.0415 e. The van der Waals surface area contributed by atoms with Gasteiger partial charge in [-0.15, -0.1) is 0 Å². The van der Waals surface area contributed by atoms with Crippen LogP contribution in [0.4, 0.5) is 0 Å². The molecule has 0 radical (unpaired) electrons. The van der Waals surface area contributed by atoms with Gasteiger partial charge in [-0.3, -0.25) is 0 Å². The summed E-state index contributed by atoms with van der Waals surface area (Å²) in [5.74, 6) is 3.57. The van der Waals surface area contributed by atoms with E-state index >= 15 is 0 Å². The van der Waals surface area contributed by atoms with Gasteiger partial charge in [-0.1, -0.05) is 48.0 Å². The van der Waals surface area contributed by atoms with E-state index in [1.54, 1.807) is 0 Å². The predicted molar refractivity (Wildman–Crippen MR) is 61.9 cm³/mol. The average molecular weight is 184 g/mol. The second-order valence-corrected chi connectivity index (χ2v) is 5.33. The number of hydrogen-bond acceptors (Lipinski definition) is 0. The van der Waals surface area contributed by atoms with Crippen LogP contribution in [0.5, 0.6) is 0 Å². The van der Waals surface area contributed by atoms with E-state index in [1.165, 1.54) is 19.3 Å². The van der Waals surface area contributed by atoms with Crippen molar-refractivity contribution in [1.82, 2.24) is 0 Å². The van der Waals surface area contributed by atoms with Gasteiger partial charge in [-0.2, -0.15) is 0 Å². The molecule has 0 aliphatic heterocycles. The second kappa shape index (κ2) is 6.45. The SMILES string of the molecule is CCC(C)C(C)CC(C)CC(C)C. The zero-order valence-electron chi connectivity index (χ0n) is 10.4. The Labute approximate surface area is 85.1 Å². The first-order valence-corrected chi connectivity index (χ1v) is 5.97. The molecule has 0 saturated heterocycles. The molecule has 0 aromatic carbocycles. The van der Waals surface area contributed by atoms with Gasteiger partial charge in [-0.25, -0.2) is 0 Å². The van der Waals surface area contributed by atoms with Crippen LogP contribution in [0.2, 0.25) is 0 Å². The highest BCUT2D eigenvalue weighted by Gasteiger charge is 2.14. The summed E-state index contributed by atoms with van der Waals surface area (Å²) >= 11 is 0. The summed E-state index contributed by atoms with van der Waals surface area (Å²) in [4.78, 5) is 0. The zero-order valence-corrected chi connectivity index (χ0v) is 10.4. The van der Waals surface area contributed by atoms with Gasteiger partial charge in [0.25, 0.3) is 0 Å². The molecule has 0 spiro atoms. The summed E-state index contributed by atoms with van der Waals surface area (Å²) in [6.07, 6.45) is 4.13. The van der Waals surface area contributed by atoms with Gasteiger partial charge in [0.15, 0.2) is 0 Å².